The number of hydrogen-bond acceptors (Lipinski definition) is 4. The Morgan fingerprint density at radius 2 is 2.18 bits per heavy atom. The molecular formula is C12H10ClF3N4O2. The molecule has 10 heteroatoms. The molecular weight excluding hydrogens is 325 g/mol. The third-order valence-corrected chi connectivity index (χ3v) is 2.70. The number of hydrogen-bond donors (Lipinski definition) is 2. The van der Waals surface area contributed by atoms with Crippen LogP contribution in [0.25, 0.3) is 0 Å². The molecule has 6 nitrogen and oxygen atoms in total. The zero-order valence-corrected chi connectivity index (χ0v) is 11.9. The highest BCUT2D eigenvalue weighted by Crippen LogP contribution is 2.26. The number of nitrogens with one attached hydrogen (secondary N) is 2. The Hall–Kier alpha value is -2.29. The van der Waals surface area contributed by atoms with Crippen LogP contribution in [0.1, 0.15) is 12.7 Å². The second kappa shape index (κ2) is 6.22. The van der Waals surface area contributed by atoms with Gasteiger partial charge in [0.25, 0.3) is 5.91 Å². The number of halogens is 4. The molecule has 0 aliphatic carbocycles. The lowest BCUT2D eigenvalue weighted by atomic mass is 10.3. The second-order valence-corrected chi connectivity index (χ2v) is 4.65. The number of nitrogens with zero attached hydrogens (tertiary/aromatic N) is 2. The molecule has 0 aliphatic heterocycles. The lowest BCUT2D eigenvalue weighted by Crippen LogP contribution is -2.30. The number of carbonyl (C=O) groups is 1. The molecule has 22 heavy (non-hydrogen) atoms. The Bertz CT molecular complexity index is 674. The van der Waals surface area contributed by atoms with Gasteiger partial charge in [-0.15, -0.1) is 5.10 Å². The molecule has 1 atom stereocenters. The minimum atomic E-state index is -4.67. The van der Waals surface area contributed by atoms with Crippen LogP contribution in [0.5, 0.6) is 5.75 Å². The number of ether oxygens (including phenoxy) is 1. The van der Waals surface area contributed by atoms with E-state index in [4.69, 9.17) is 16.3 Å². The average Bonchev–Trinajstić information content (AvgIpc) is 2.87. The van der Waals surface area contributed by atoms with E-state index in [9.17, 15) is 18.0 Å². The van der Waals surface area contributed by atoms with Gasteiger partial charge in [-0.1, -0.05) is 17.7 Å². The molecule has 0 saturated heterocycles. The van der Waals surface area contributed by atoms with Gasteiger partial charge in [0.05, 0.1) is 0 Å². The number of amides is 1. The smallest absolute Gasteiger partial charge is 0.451 e. The fourth-order valence-corrected chi connectivity index (χ4v) is 1.63. The summed E-state index contributed by atoms with van der Waals surface area (Å²) in [6, 6.07) is 6.35. The largest absolute Gasteiger partial charge is 0.481 e. The Kier molecular flexibility index (Phi) is 4.55. The minimum Gasteiger partial charge on any atom is -0.481 e. The van der Waals surface area contributed by atoms with Crippen molar-refractivity contribution in [3.8, 4) is 5.75 Å². The first-order chi connectivity index (χ1) is 10.3. The number of benzene rings is 1. The summed E-state index contributed by atoms with van der Waals surface area (Å²) in [6.07, 6.45) is -5.65. The minimum absolute atomic E-state index is 0.348. The van der Waals surface area contributed by atoms with E-state index in [1.807, 2.05) is 0 Å². The Morgan fingerprint density at radius 1 is 1.45 bits per heavy atom. The lowest BCUT2D eigenvalue weighted by Gasteiger charge is -2.13. The molecule has 118 valence electrons. The Labute approximate surface area is 127 Å². The maximum atomic E-state index is 12.3. The molecule has 0 saturated carbocycles. The summed E-state index contributed by atoms with van der Waals surface area (Å²) < 4.78 is 42.3. The van der Waals surface area contributed by atoms with Crippen molar-refractivity contribution in [2.24, 2.45) is 0 Å². The van der Waals surface area contributed by atoms with Gasteiger partial charge in [0, 0.05) is 5.02 Å². The molecule has 1 heterocycles. The maximum absolute atomic E-state index is 12.3. The van der Waals surface area contributed by atoms with Crippen molar-refractivity contribution >= 4 is 23.5 Å². The summed E-state index contributed by atoms with van der Waals surface area (Å²) >= 11 is 5.77. The second-order valence-electron chi connectivity index (χ2n) is 4.21. The number of anilines is 1. The van der Waals surface area contributed by atoms with Crippen molar-refractivity contribution in [3.63, 3.8) is 0 Å². The number of aromatic amines is 1. The van der Waals surface area contributed by atoms with E-state index < -0.39 is 30.0 Å². The fourth-order valence-electron chi connectivity index (χ4n) is 1.45. The van der Waals surface area contributed by atoms with Crippen LogP contribution in [-0.4, -0.2) is 27.2 Å². The number of alkyl halides is 3. The molecule has 2 aromatic rings. The van der Waals surface area contributed by atoms with Gasteiger partial charge in [-0.05, 0) is 25.1 Å². The van der Waals surface area contributed by atoms with Gasteiger partial charge in [-0.25, -0.2) is 0 Å². The average molecular weight is 335 g/mol. The fraction of sp³-hybridized carbons (Fsp3) is 0.250. The molecule has 1 aromatic carbocycles. The zero-order valence-electron chi connectivity index (χ0n) is 11.1. The van der Waals surface area contributed by atoms with Gasteiger partial charge in [0.15, 0.2) is 6.10 Å². The predicted molar refractivity (Wildman–Crippen MR) is 71.6 cm³/mol. The molecule has 0 aliphatic rings. The van der Waals surface area contributed by atoms with Crippen molar-refractivity contribution in [3.05, 3.63) is 35.1 Å². The molecule has 1 amide bonds. The first kappa shape index (κ1) is 16.1. The van der Waals surface area contributed by atoms with Crippen LogP contribution in [0, 0.1) is 0 Å². The third-order valence-electron chi connectivity index (χ3n) is 2.47. The van der Waals surface area contributed by atoms with Crippen molar-refractivity contribution in [2.75, 3.05) is 5.32 Å². The van der Waals surface area contributed by atoms with Crippen LogP contribution in [-0.2, 0) is 11.0 Å². The van der Waals surface area contributed by atoms with Crippen molar-refractivity contribution < 1.29 is 22.7 Å². The monoisotopic (exact) mass is 334 g/mol. The number of H-pyrrole nitrogens is 1. The van der Waals surface area contributed by atoms with Crippen LogP contribution >= 0.6 is 11.6 Å². The van der Waals surface area contributed by atoms with Gasteiger partial charge in [-0.2, -0.15) is 18.2 Å². The highest BCUT2D eigenvalue weighted by atomic mass is 35.5. The maximum Gasteiger partial charge on any atom is 0.451 e. The van der Waals surface area contributed by atoms with Gasteiger partial charge in [-0.3, -0.25) is 15.2 Å². The quantitative estimate of drug-likeness (QED) is 0.901. The normalized spacial score (nSPS) is 12.8. The van der Waals surface area contributed by atoms with E-state index in [-0.39, 0.29) is 0 Å². The number of carbonyl (C=O) groups excluding carboxylic acids is 1. The molecule has 0 bridgehead atoms. The highest BCUT2D eigenvalue weighted by Gasteiger charge is 2.35. The SMILES string of the molecule is C[C@H](Oc1cccc(Cl)c1)C(=O)Nc1n[nH]c(C(F)(F)F)n1. The van der Waals surface area contributed by atoms with Crippen LogP contribution in [0.4, 0.5) is 19.1 Å². The van der Waals surface area contributed by atoms with E-state index in [1.54, 1.807) is 23.3 Å². The number of rotatable bonds is 4. The highest BCUT2D eigenvalue weighted by molar-refractivity contribution is 6.30. The summed E-state index contributed by atoms with van der Waals surface area (Å²) in [5.41, 5.74) is 0. The number of aromatic nitrogens is 3. The Morgan fingerprint density at radius 3 is 2.77 bits per heavy atom. The lowest BCUT2D eigenvalue weighted by molar-refractivity contribution is -0.144. The summed E-state index contributed by atoms with van der Waals surface area (Å²) in [5, 5.41) is 7.49. The van der Waals surface area contributed by atoms with Crippen LogP contribution in [0.15, 0.2) is 24.3 Å². The van der Waals surface area contributed by atoms with Crippen LogP contribution in [0.3, 0.4) is 0 Å². The van der Waals surface area contributed by atoms with Gasteiger partial charge in [0.2, 0.25) is 11.8 Å². The van der Waals surface area contributed by atoms with Crippen molar-refractivity contribution in [1.82, 2.24) is 15.2 Å². The van der Waals surface area contributed by atoms with E-state index >= 15 is 0 Å². The summed E-state index contributed by atoms with van der Waals surface area (Å²) in [6.45, 7) is 1.42. The molecule has 0 unspecified atom stereocenters. The summed E-state index contributed by atoms with van der Waals surface area (Å²) in [7, 11) is 0. The predicted octanol–water partition coefficient (Wildman–Crippen LogP) is 2.88. The molecule has 2 rings (SSSR count). The first-order valence-corrected chi connectivity index (χ1v) is 6.36. The van der Waals surface area contributed by atoms with Gasteiger partial charge >= 0.3 is 6.18 Å². The van der Waals surface area contributed by atoms with Crippen molar-refractivity contribution in [1.29, 1.82) is 0 Å². The summed E-state index contributed by atoms with van der Waals surface area (Å²) in [5.74, 6) is -2.14. The molecule has 0 spiro atoms. The van der Waals surface area contributed by atoms with Gasteiger partial charge in [0.1, 0.15) is 5.75 Å². The third kappa shape index (κ3) is 4.10. The molecule has 2 N–H and O–H groups in total. The Balaban J connectivity index is 1.98. The molecule has 0 radical (unpaired) electrons. The van der Waals surface area contributed by atoms with Gasteiger partial charge < -0.3 is 4.74 Å². The van der Waals surface area contributed by atoms with Crippen LogP contribution in [0.2, 0.25) is 5.02 Å². The van der Waals surface area contributed by atoms with E-state index in [0.717, 1.165) is 0 Å². The standard InChI is InChI=1S/C12H10ClF3N4O2/c1-6(22-8-4-2-3-7(13)5-8)9(21)17-11-18-10(19-20-11)12(14,15)16/h2-6H,1H3,(H2,17,18,19,20,21)/t6-/m0/s1. The van der Waals surface area contributed by atoms with E-state index in [2.05, 4.69) is 15.4 Å². The zero-order chi connectivity index (χ0) is 16.3. The van der Waals surface area contributed by atoms with Crippen LogP contribution < -0.4 is 10.1 Å². The molecule has 1 aromatic heterocycles. The first-order valence-electron chi connectivity index (χ1n) is 5.98. The van der Waals surface area contributed by atoms with Crippen molar-refractivity contribution in [2.45, 2.75) is 19.2 Å². The summed E-state index contributed by atoms with van der Waals surface area (Å²) in [4.78, 5) is 14.9. The molecule has 0 fully saturated rings. The van der Waals surface area contributed by atoms with E-state index in [0.29, 0.717) is 10.8 Å². The van der Waals surface area contributed by atoms with E-state index in [1.165, 1.54) is 13.0 Å². The topological polar surface area (TPSA) is 79.9 Å².